The number of hydrogen-bond acceptors (Lipinski definition) is 6. The summed E-state index contributed by atoms with van der Waals surface area (Å²) in [6, 6.07) is 0.0538. The van der Waals surface area contributed by atoms with Gasteiger partial charge in [0.05, 0.1) is 17.9 Å². The SMILES string of the molecule is CC1CC(c2nnc(SCC(=O)C3CCCCC3Cl)n2C)NO1. The van der Waals surface area contributed by atoms with Gasteiger partial charge in [0.25, 0.3) is 0 Å². The fourth-order valence-corrected chi connectivity index (χ4v) is 4.52. The Balaban J connectivity index is 1.58. The van der Waals surface area contributed by atoms with Crippen LogP contribution in [0.15, 0.2) is 5.16 Å². The predicted molar refractivity (Wildman–Crippen MR) is 89.4 cm³/mol. The molecule has 23 heavy (non-hydrogen) atoms. The largest absolute Gasteiger partial charge is 0.308 e. The van der Waals surface area contributed by atoms with Crippen molar-refractivity contribution in [3.05, 3.63) is 5.82 Å². The smallest absolute Gasteiger partial charge is 0.191 e. The molecular weight excluding hydrogens is 336 g/mol. The van der Waals surface area contributed by atoms with Crippen LogP contribution in [-0.4, -0.2) is 37.8 Å². The van der Waals surface area contributed by atoms with E-state index in [2.05, 4.69) is 15.7 Å². The molecule has 0 bridgehead atoms. The van der Waals surface area contributed by atoms with Crippen LogP contribution >= 0.6 is 23.4 Å². The number of aromatic nitrogens is 3. The second-order valence-corrected chi connectivity index (χ2v) is 7.90. The highest BCUT2D eigenvalue weighted by molar-refractivity contribution is 7.99. The lowest BCUT2D eigenvalue weighted by atomic mass is 9.86. The van der Waals surface area contributed by atoms with Crippen molar-refractivity contribution < 1.29 is 9.63 Å². The van der Waals surface area contributed by atoms with E-state index in [0.717, 1.165) is 43.1 Å². The minimum atomic E-state index is -0.00627. The lowest BCUT2D eigenvalue weighted by molar-refractivity contribution is -0.121. The molecule has 4 unspecified atom stereocenters. The van der Waals surface area contributed by atoms with Gasteiger partial charge in [0, 0.05) is 24.8 Å². The molecule has 1 aromatic heterocycles. The fourth-order valence-electron chi connectivity index (χ4n) is 3.23. The number of carbonyl (C=O) groups is 1. The van der Waals surface area contributed by atoms with Gasteiger partial charge in [-0.25, -0.2) is 0 Å². The molecule has 1 saturated heterocycles. The van der Waals surface area contributed by atoms with E-state index in [4.69, 9.17) is 16.4 Å². The first-order valence-electron chi connectivity index (χ1n) is 8.16. The molecule has 1 aliphatic heterocycles. The van der Waals surface area contributed by atoms with Crippen LogP contribution in [0.1, 0.15) is 50.9 Å². The Morgan fingerprint density at radius 3 is 2.91 bits per heavy atom. The van der Waals surface area contributed by atoms with Crippen molar-refractivity contribution in [1.82, 2.24) is 20.2 Å². The Kier molecular flexibility index (Phi) is 5.61. The summed E-state index contributed by atoms with van der Waals surface area (Å²) in [5, 5.41) is 9.22. The van der Waals surface area contributed by atoms with Gasteiger partial charge >= 0.3 is 0 Å². The van der Waals surface area contributed by atoms with Gasteiger partial charge in [-0.05, 0) is 19.8 Å². The van der Waals surface area contributed by atoms with Crippen LogP contribution in [0.25, 0.3) is 0 Å². The molecule has 3 rings (SSSR count). The van der Waals surface area contributed by atoms with Crippen LogP contribution in [0, 0.1) is 5.92 Å². The first kappa shape index (κ1) is 17.2. The highest BCUT2D eigenvalue weighted by atomic mass is 35.5. The molecule has 8 heteroatoms. The van der Waals surface area contributed by atoms with E-state index in [9.17, 15) is 4.79 Å². The van der Waals surface area contributed by atoms with Crippen LogP contribution in [0.4, 0.5) is 0 Å². The van der Waals surface area contributed by atoms with Crippen molar-refractivity contribution in [2.24, 2.45) is 13.0 Å². The van der Waals surface area contributed by atoms with E-state index in [-0.39, 0.29) is 29.2 Å². The third-order valence-corrected chi connectivity index (χ3v) is 6.16. The number of carbonyl (C=O) groups excluding carboxylic acids is 1. The van der Waals surface area contributed by atoms with E-state index in [1.54, 1.807) is 0 Å². The number of rotatable bonds is 5. The monoisotopic (exact) mass is 358 g/mol. The Morgan fingerprint density at radius 1 is 1.43 bits per heavy atom. The minimum absolute atomic E-state index is 0.00337. The summed E-state index contributed by atoms with van der Waals surface area (Å²) in [5.41, 5.74) is 2.98. The number of thioether (sulfide) groups is 1. The van der Waals surface area contributed by atoms with Gasteiger partial charge in [-0.3, -0.25) is 9.63 Å². The number of Topliss-reactive ketones (excluding diaryl/α,β-unsaturated/α-hetero) is 1. The molecule has 4 atom stereocenters. The molecule has 2 fully saturated rings. The number of ketones is 1. The highest BCUT2D eigenvalue weighted by Crippen LogP contribution is 2.31. The van der Waals surface area contributed by atoms with E-state index in [1.807, 2.05) is 18.5 Å². The molecule has 1 aliphatic carbocycles. The topological polar surface area (TPSA) is 69.0 Å². The lowest BCUT2D eigenvalue weighted by Crippen LogP contribution is -2.29. The van der Waals surface area contributed by atoms with E-state index >= 15 is 0 Å². The van der Waals surface area contributed by atoms with E-state index < -0.39 is 0 Å². The second-order valence-electron chi connectivity index (χ2n) is 6.40. The molecule has 128 valence electrons. The summed E-state index contributed by atoms with van der Waals surface area (Å²) in [6.45, 7) is 2.02. The molecule has 6 nitrogen and oxygen atoms in total. The normalized spacial score (nSPS) is 31.4. The lowest BCUT2D eigenvalue weighted by Gasteiger charge is -2.25. The standard InChI is InChI=1S/C15H23ClN4O2S/c1-9-7-12(19-22-9)14-17-18-15(20(14)2)23-8-13(21)10-5-3-4-6-11(10)16/h9-12,19H,3-8H2,1-2H3. The van der Waals surface area contributed by atoms with Crippen molar-refractivity contribution in [1.29, 1.82) is 0 Å². The van der Waals surface area contributed by atoms with Crippen molar-refractivity contribution >= 4 is 29.1 Å². The van der Waals surface area contributed by atoms with Crippen LogP contribution in [0.5, 0.6) is 0 Å². The molecule has 1 N–H and O–H groups in total. The van der Waals surface area contributed by atoms with Crippen molar-refractivity contribution in [2.75, 3.05) is 5.75 Å². The molecule has 0 aromatic carbocycles. The van der Waals surface area contributed by atoms with Gasteiger partial charge in [-0.15, -0.1) is 21.8 Å². The first-order chi connectivity index (χ1) is 11.1. The summed E-state index contributed by atoms with van der Waals surface area (Å²) in [7, 11) is 1.93. The Hall–Kier alpha value is -0.630. The van der Waals surface area contributed by atoms with Crippen LogP contribution in [0.2, 0.25) is 0 Å². The van der Waals surface area contributed by atoms with E-state index in [0.29, 0.717) is 5.75 Å². The molecular formula is C15H23ClN4O2S. The zero-order chi connectivity index (χ0) is 16.4. The maximum atomic E-state index is 12.4. The second kappa shape index (κ2) is 7.51. The van der Waals surface area contributed by atoms with Crippen molar-refractivity contribution in [2.45, 2.75) is 61.7 Å². The summed E-state index contributed by atoms with van der Waals surface area (Å²) >= 11 is 7.75. The molecule has 1 aromatic rings. The maximum Gasteiger partial charge on any atom is 0.191 e. The van der Waals surface area contributed by atoms with E-state index in [1.165, 1.54) is 11.8 Å². The quantitative estimate of drug-likeness (QED) is 0.644. The number of halogens is 1. The third-order valence-electron chi connectivity index (χ3n) is 4.60. The Morgan fingerprint density at radius 2 is 2.22 bits per heavy atom. The van der Waals surface area contributed by atoms with Gasteiger partial charge in [0.2, 0.25) is 0 Å². The van der Waals surface area contributed by atoms with Crippen molar-refractivity contribution in [3.8, 4) is 0 Å². The molecule has 0 spiro atoms. The average molecular weight is 359 g/mol. The number of hydrogen-bond donors (Lipinski definition) is 1. The molecule has 0 radical (unpaired) electrons. The third kappa shape index (κ3) is 3.90. The van der Waals surface area contributed by atoms with Gasteiger partial charge in [0.1, 0.15) is 5.78 Å². The maximum absolute atomic E-state index is 12.4. The zero-order valence-corrected chi connectivity index (χ0v) is 15.1. The molecule has 2 aliphatic rings. The number of nitrogens with one attached hydrogen (secondary N) is 1. The fraction of sp³-hybridized carbons (Fsp3) is 0.800. The Bertz CT molecular complexity index is 568. The minimum Gasteiger partial charge on any atom is -0.308 e. The first-order valence-corrected chi connectivity index (χ1v) is 9.58. The number of hydroxylamine groups is 1. The van der Waals surface area contributed by atoms with Gasteiger partial charge < -0.3 is 4.57 Å². The summed E-state index contributed by atoms with van der Waals surface area (Å²) in [6.07, 6.45) is 5.13. The van der Waals surface area contributed by atoms with Gasteiger partial charge in [-0.2, -0.15) is 5.48 Å². The summed E-state index contributed by atoms with van der Waals surface area (Å²) in [4.78, 5) is 17.8. The Labute approximate surface area is 145 Å². The van der Waals surface area contributed by atoms with Crippen LogP contribution in [0.3, 0.4) is 0 Å². The summed E-state index contributed by atoms with van der Waals surface area (Å²) in [5.74, 6) is 1.48. The predicted octanol–water partition coefficient (Wildman–Crippen LogP) is 2.63. The van der Waals surface area contributed by atoms with Crippen molar-refractivity contribution in [3.63, 3.8) is 0 Å². The highest BCUT2D eigenvalue weighted by Gasteiger charge is 2.30. The number of nitrogens with zero attached hydrogens (tertiary/aromatic N) is 3. The molecule has 0 amide bonds. The molecule has 2 heterocycles. The number of alkyl halides is 1. The van der Waals surface area contributed by atoms with Gasteiger partial charge in [0.15, 0.2) is 11.0 Å². The zero-order valence-electron chi connectivity index (χ0n) is 13.5. The average Bonchev–Trinajstić information content (AvgIpc) is 3.11. The van der Waals surface area contributed by atoms with Gasteiger partial charge in [-0.1, -0.05) is 24.6 Å². The molecule has 1 saturated carbocycles. The van der Waals surface area contributed by atoms with Crippen LogP contribution in [-0.2, 0) is 16.7 Å². The summed E-state index contributed by atoms with van der Waals surface area (Å²) < 4.78 is 1.94. The van der Waals surface area contributed by atoms with Crippen LogP contribution < -0.4 is 5.48 Å².